The van der Waals surface area contributed by atoms with Gasteiger partial charge in [-0.25, -0.2) is 9.78 Å². The summed E-state index contributed by atoms with van der Waals surface area (Å²) in [7, 11) is 1.39. The summed E-state index contributed by atoms with van der Waals surface area (Å²) < 4.78 is 7.13. The number of thiophene rings is 1. The van der Waals surface area contributed by atoms with Crippen molar-refractivity contribution in [3.63, 3.8) is 0 Å². The molecule has 0 aliphatic carbocycles. The van der Waals surface area contributed by atoms with E-state index in [1.807, 2.05) is 17.6 Å². The molecule has 33 heavy (non-hydrogen) atoms. The molecule has 0 amide bonds. The number of anilines is 1. The number of nitrogens with one attached hydrogen (secondary N) is 1. The molecule has 3 heterocycles. The molecule has 1 aliphatic heterocycles. The molecule has 2 aromatic heterocycles. The van der Waals surface area contributed by atoms with Crippen molar-refractivity contribution in [1.82, 2.24) is 14.5 Å². The van der Waals surface area contributed by atoms with Crippen molar-refractivity contribution in [1.29, 1.82) is 0 Å². The molecule has 8 heteroatoms. The van der Waals surface area contributed by atoms with Crippen molar-refractivity contribution in [3.05, 3.63) is 69.9 Å². The number of ether oxygens (including phenoxy) is 1. The maximum Gasteiger partial charge on any atom is 0.350 e. The Bertz CT molecular complexity index is 1100. The number of piperidine rings is 1. The Morgan fingerprint density at radius 2 is 1.97 bits per heavy atom. The Balaban J connectivity index is 1.35. The van der Waals surface area contributed by atoms with Crippen LogP contribution < -0.4 is 5.32 Å². The molecule has 174 valence electrons. The first-order valence-corrected chi connectivity index (χ1v) is 12.6. The van der Waals surface area contributed by atoms with Gasteiger partial charge in [0.1, 0.15) is 10.7 Å². The quantitative estimate of drug-likeness (QED) is 0.371. The van der Waals surface area contributed by atoms with E-state index in [0.29, 0.717) is 27.5 Å². The van der Waals surface area contributed by atoms with Crippen LogP contribution in [0.2, 0.25) is 0 Å². The van der Waals surface area contributed by atoms with Crippen LogP contribution in [-0.4, -0.2) is 45.7 Å². The molecule has 1 fully saturated rings. The predicted molar refractivity (Wildman–Crippen MR) is 137 cm³/mol. The number of thiocarbonyl (C=S) groups is 1. The van der Waals surface area contributed by atoms with Crippen LogP contribution in [0.25, 0.3) is 0 Å². The highest BCUT2D eigenvalue weighted by molar-refractivity contribution is 7.80. The number of methoxy groups -OCH3 is 1. The molecule has 0 radical (unpaired) electrons. The van der Waals surface area contributed by atoms with Crippen LogP contribution in [0.3, 0.4) is 0 Å². The van der Waals surface area contributed by atoms with Gasteiger partial charge in [-0.2, -0.15) is 0 Å². The molecule has 1 saturated heterocycles. The average Bonchev–Trinajstić information content (AvgIpc) is 3.48. The van der Waals surface area contributed by atoms with E-state index in [0.717, 1.165) is 38.3 Å². The van der Waals surface area contributed by atoms with Gasteiger partial charge in [0.15, 0.2) is 5.11 Å². The van der Waals surface area contributed by atoms with Crippen LogP contribution >= 0.6 is 23.6 Å². The summed E-state index contributed by atoms with van der Waals surface area (Å²) in [5.41, 5.74) is 3.36. The highest BCUT2D eigenvalue weighted by Crippen LogP contribution is 2.29. The van der Waals surface area contributed by atoms with E-state index in [1.165, 1.54) is 29.6 Å². The lowest BCUT2D eigenvalue weighted by atomic mass is 9.96. The zero-order valence-electron chi connectivity index (χ0n) is 19.3. The van der Waals surface area contributed by atoms with Gasteiger partial charge in [0, 0.05) is 37.9 Å². The number of hydrogen-bond donors (Lipinski definition) is 1. The van der Waals surface area contributed by atoms with Gasteiger partial charge in [0.25, 0.3) is 0 Å². The lowest BCUT2D eigenvalue weighted by Crippen LogP contribution is -2.40. The number of likely N-dealkylation sites (tertiary alicyclic amines) is 1. The van der Waals surface area contributed by atoms with Gasteiger partial charge in [-0.05, 0) is 53.6 Å². The molecule has 0 unspecified atom stereocenters. The molecule has 1 aromatic carbocycles. The van der Waals surface area contributed by atoms with Crippen molar-refractivity contribution in [2.24, 2.45) is 0 Å². The van der Waals surface area contributed by atoms with Crippen molar-refractivity contribution in [3.8, 4) is 0 Å². The highest BCUT2D eigenvalue weighted by atomic mass is 32.1. The Morgan fingerprint density at radius 3 is 2.64 bits per heavy atom. The first-order chi connectivity index (χ1) is 16.0. The van der Waals surface area contributed by atoms with Crippen molar-refractivity contribution in [2.75, 3.05) is 25.5 Å². The number of hydrogen-bond acceptors (Lipinski definition) is 5. The Kier molecular flexibility index (Phi) is 7.45. The fraction of sp³-hybridized carbons (Fsp3) is 0.400. The number of aromatic nitrogens is 2. The third-order valence-electron chi connectivity index (χ3n) is 6.17. The number of nitrogens with zero attached hydrogens (tertiary/aromatic N) is 3. The van der Waals surface area contributed by atoms with Gasteiger partial charge in [0.2, 0.25) is 0 Å². The molecular weight excluding hydrogens is 452 g/mol. The van der Waals surface area contributed by atoms with Crippen LogP contribution in [0, 0.1) is 0 Å². The molecule has 4 rings (SSSR count). The van der Waals surface area contributed by atoms with E-state index in [2.05, 4.69) is 59.1 Å². The largest absolute Gasteiger partial charge is 0.465 e. The van der Waals surface area contributed by atoms with Gasteiger partial charge >= 0.3 is 5.97 Å². The first-order valence-electron chi connectivity index (χ1n) is 11.3. The SMILES string of the molecule is COC(=O)c1sccc1NC(=S)N1CCC(c2nccn2Cc2ccc(C(C)C)cc2)CC1. The normalized spacial score (nSPS) is 14.5. The molecule has 6 nitrogen and oxygen atoms in total. The standard InChI is InChI=1S/C25H30N4O2S2/c1-17(2)19-6-4-18(5-7-19)16-29-14-11-26-23(29)20-8-12-28(13-9-20)25(32)27-21-10-15-33-22(21)24(30)31-3/h4-7,10-11,14-15,17,20H,8-9,12-13,16H2,1-3H3,(H,27,32). The summed E-state index contributed by atoms with van der Waals surface area (Å²) in [6.45, 7) is 6.97. The molecule has 1 aliphatic rings. The zero-order chi connectivity index (χ0) is 23.4. The van der Waals surface area contributed by atoms with Crippen LogP contribution in [0.5, 0.6) is 0 Å². The molecule has 0 saturated carbocycles. The predicted octanol–water partition coefficient (Wildman–Crippen LogP) is 5.48. The number of esters is 1. The maximum absolute atomic E-state index is 11.9. The van der Waals surface area contributed by atoms with Crippen LogP contribution in [0.4, 0.5) is 5.69 Å². The number of imidazole rings is 1. The van der Waals surface area contributed by atoms with E-state index in [-0.39, 0.29) is 5.97 Å². The van der Waals surface area contributed by atoms with Crippen LogP contribution in [0.15, 0.2) is 48.1 Å². The molecular formula is C25H30N4O2S2. The van der Waals surface area contributed by atoms with Crippen molar-refractivity contribution in [2.45, 2.75) is 45.1 Å². The minimum atomic E-state index is -0.348. The van der Waals surface area contributed by atoms with E-state index in [9.17, 15) is 4.79 Å². The summed E-state index contributed by atoms with van der Waals surface area (Å²) in [5.74, 6) is 1.74. The fourth-order valence-corrected chi connectivity index (χ4v) is 5.27. The minimum Gasteiger partial charge on any atom is -0.465 e. The number of carbonyl (C=O) groups is 1. The number of carbonyl (C=O) groups excluding carboxylic acids is 1. The van der Waals surface area contributed by atoms with E-state index in [4.69, 9.17) is 21.9 Å². The Hall–Kier alpha value is -2.71. The molecule has 1 N–H and O–H groups in total. The second-order valence-corrected chi connectivity index (χ2v) is 9.96. The zero-order valence-corrected chi connectivity index (χ0v) is 20.9. The van der Waals surface area contributed by atoms with E-state index < -0.39 is 0 Å². The summed E-state index contributed by atoms with van der Waals surface area (Å²) in [5, 5.41) is 5.73. The maximum atomic E-state index is 11.9. The monoisotopic (exact) mass is 482 g/mol. The van der Waals surface area contributed by atoms with Gasteiger partial charge in [-0.15, -0.1) is 11.3 Å². The summed E-state index contributed by atoms with van der Waals surface area (Å²) in [6.07, 6.45) is 5.95. The lowest BCUT2D eigenvalue weighted by molar-refractivity contribution is 0.0607. The van der Waals surface area contributed by atoms with Crippen LogP contribution in [-0.2, 0) is 11.3 Å². The smallest absolute Gasteiger partial charge is 0.350 e. The molecule has 0 atom stereocenters. The van der Waals surface area contributed by atoms with Crippen molar-refractivity contribution >= 4 is 40.3 Å². The van der Waals surface area contributed by atoms with Gasteiger partial charge in [0.05, 0.1) is 12.8 Å². The topological polar surface area (TPSA) is 59.4 Å². The van der Waals surface area contributed by atoms with Crippen LogP contribution in [0.1, 0.15) is 65.1 Å². The number of benzene rings is 1. The van der Waals surface area contributed by atoms with Gasteiger partial charge < -0.3 is 19.5 Å². The average molecular weight is 483 g/mol. The second-order valence-electron chi connectivity index (χ2n) is 8.66. The molecule has 0 bridgehead atoms. The Labute approximate surface area is 204 Å². The third-order valence-corrected chi connectivity index (χ3v) is 7.43. The third kappa shape index (κ3) is 5.45. The van der Waals surface area contributed by atoms with E-state index >= 15 is 0 Å². The molecule has 0 spiro atoms. The highest BCUT2D eigenvalue weighted by Gasteiger charge is 2.26. The summed E-state index contributed by atoms with van der Waals surface area (Å²) in [4.78, 5) is 19.3. The minimum absolute atomic E-state index is 0.348. The lowest BCUT2D eigenvalue weighted by Gasteiger charge is -2.33. The second kappa shape index (κ2) is 10.5. The first kappa shape index (κ1) is 23.4. The van der Waals surface area contributed by atoms with Crippen molar-refractivity contribution < 1.29 is 9.53 Å². The van der Waals surface area contributed by atoms with E-state index in [1.54, 1.807) is 0 Å². The van der Waals surface area contributed by atoms with Gasteiger partial charge in [-0.3, -0.25) is 0 Å². The molecule has 3 aromatic rings. The summed E-state index contributed by atoms with van der Waals surface area (Å²) >= 11 is 6.98. The van der Waals surface area contributed by atoms with Gasteiger partial charge in [-0.1, -0.05) is 38.1 Å². The Morgan fingerprint density at radius 1 is 1.24 bits per heavy atom. The summed E-state index contributed by atoms with van der Waals surface area (Å²) in [6, 6.07) is 10.8. The number of rotatable bonds is 6. The fourth-order valence-electron chi connectivity index (χ4n) is 4.21.